The Morgan fingerprint density at radius 2 is 2.00 bits per heavy atom. The molecule has 0 aliphatic rings. The summed E-state index contributed by atoms with van der Waals surface area (Å²) in [4.78, 5) is 1.04. The number of hydrogen-bond acceptors (Lipinski definition) is 4. The van der Waals surface area contributed by atoms with Crippen molar-refractivity contribution >= 4 is 22.7 Å². The molecular formula is C17H20N2OS2. The van der Waals surface area contributed by atoms with Crippen molar-refractivity contribution in [3.63, 3.8) is 0 Å². The van der Waals surface area contributed by atoms with E-state index in [0.717, 1.165) is 11.3 Å². The Morgan fingerprint density at radius 3 is 2.55 bits per heavy atom. The van der Waals surface area contributed by atoms with Crippen LogP contribution in [0.3, 0.4) is 0 Å². The predicted molar refractivity (Wildman–Crippen MR) is 93.0 cm³/mol. The van der Waals surface area contributed by atoms with Gasteiger partial charge in [0, 0.05) is 21.6 Å². The molecule has 2 aromatic rings. The Kier molecular flexibility index (Phi) is 5.65. The van der Waals surface area contributed by atoms with E-state index in [4.69, 9.17) is 5.26 Å². The highest BCUT2D eigenvalue weighted by Gasteiger charge is 2.30. The van der Waals surface area contributed by atoms with Gasteiger partial charge in [-0.05, 0) is 38.8 Å². The molecule has 1 aromatic carbocycles. The molecule has 0 amide bonds. The van der Waals surface area contributed by atoms with Gasteiger partial charge in [-0.1, -0.05) is 30.3 Å². The first-order valence-electron chi connectivity index (χ1n) is 7.10. The Balaban J connectivity index is 2.22. The Labute approximate surface area is 139 Å². The van der Waals surface area contributed by atoms with E-state index in [2.05, 4.69) is 22.9 Å². The van der Waals surface area contributed by atoms with Crippen LogP contribution in [0.1, 0.15) is 42.8 Å². The molecular weight excluding hydrogens is 312 g/mol. The second-order valence-electron chi connectivity index (χ2n) is 6.09. The molecule has 1 aromatic heterocycles. The van der Waals surface area contributed by atoms with E-state index in [1.807, 2.05) is 50.4 Å². The lowest BCUT2D eigenvalue weighted by Crippen LogP contribution is -2.41. The summed E-state index contributed by atoms with van der Waals surface area (Å²) >= 11 is 0.374. The van der Waals surface area contributed by atoms with Gasteiger partial charge in [0.2, 0.25) is 0 Å². The number of rotatable bonds is 5. The number of thiophene rings is 1. The Bertz CT molecular complexity index is 641. The number of hydrogen-bond donors (Lipinski definition) is 1. The summed E-state index contributed by atoms with van der Waals surface area (Å²) in [7, 11) is 0. The van der Waals surface area contributed by atoms with Crippen LogP contribution in [-0.2, 0) is 17.8 Å². The molecule has 2 atom stereocenters. The van der Waals surface area contributed by atoms with Crippen LogP contribution in [0.5, 0.6) is 0 Å². The predicted octanol–water partition coefficient (Wildman–Crippen LogP) is 3.96. The van der Waals surface area contributed by atoms with Crippen molar-refractivity contribution in [1.29, 1.82) is 5.26 Å². The van der Waals surface area contributed by atoms with Crippen LogP contribution in [-0.4, -0.2) is 9.30 Å². The second kappa shape index (κ2) is 7.30. The lowest BCUT2D eigenvalue weighted by Gasteiger charge is -2.27. The fraction of sp³-hybridized carbons (Fsp3) is 0.353. The van der Waals surface area contributed by atoms with Crippen LogP contribution in [0, 0.1) is 11.3 Å². The molecule has 22 heavy (non-hydrogen) atoms. The van der Waals surface area contributed by atoms with Crippen molar-refractivity contribution in [2.75, 3.05) is 0 Å². The number of nitriles is 1. The molecule has 0 radical (unpaired) electrons. The molecule has 1 heterocycles. The third-order valence-electron chi connectivity index (χ3n) is 3.18. The van der Waals surface area contributed by atoms with E-state index in [-0.39, 0.29) is 10.8 Å². The van der Waals surface area contributed by atoms with Crippen LogP contribution in [0.25, 0.3) is 0 Å². The first-order chi connectivity index (χ1) is 10.4. The molecule has 0 spiro atoms. The fourth-order valence-corrected chi connectivity index (χ4v) is 3.73. The summed E-state index contributed by atoms with van der Waals surface area (Å²) in [5, 5.41) is 10.9. The van der Waals surface area contributed by atoms with E-state index in [1.165, 1.54) is 16.9 Å². The van der Waals surface area contributed by atoms with E-state index >= 15 is 0 Å². The summed E-state index contributed by atoms with van der Waals surface area (Å²) in [6.07, 6.45) is 0.744. The molecule has 116 valence electrons. The second-order valence-corrected chi connectivity index (χ2v) is 9.03. The van der Waals surface area contributed by atoms with Crippen LogP contribution < -0.4 is 4.72 Å². The van der Waals surface area contributed by atoms with Gasteiger partial charge in [-0.15, -0.1) is 16.1 Å². The minimum atomic E-state index is -1.16. The van der Waals surface area contributed by atoms with Crippen LogP contribution in [0.4, 0.5) is 0 Å². The van der Waals surface area contributed by atoms with Crippen molar-refractivity contribution in [2.45, 2.75) is 38.0 Å². The van der Waals surface area contributed by atoms with Crippen molar-refractivity contribution < 1.29 is 4.55 Å². The SMILES string of the molecule is CC(C)(C)[S+]([O-])N[C@H](Cc1ccccc1)c1cc(C#N)cs1. The summed E-state index contributed by atoms with van der Waals surface area (Å²) in [6.45, 7) is 5.85. The molecule has 1 N–H and O–H groups in total. The molecule has 0 fully saturated rings. The molecule has 0 saturated heterocycles. The van der Waals surface area contributed by atoms with Crippen LogP contribution in [0.2, 0.25) is 0 Å². The standard InChI is InChI=1S/C17H20N2OS2/c1-17(2,3)22(20)19-15(9-13-7-5-4-6-8-13)16-10-14(11-18)12-21-16/h4-8,10,12,15,19H,9H2,1-3H3/t15-,22?/m1/s1. The molecule has 0 saturated carbocycles. The van der Waals surface area contributed by atoms with Gasteiger partial charge >= 0.3 is 0 Å². The Morgan fingerprint density at radius 1 is 1.32 bits per heavy atom. The van der Waals surface area contributed by atoms with Gasteiger partial charge in [-0.2, -0.15) is 5.26 Å². The highest BCUT2D eigenvalue weighted by Crippen LogP contribution is 2.28. The highest BCUT2D eigenvalue weighted by atomic mass is 32.2. The molecule has 5 heteroatoms. The summed E-state index contributed by atoms with van der Waals surface area (Å²) < 4.78 is 15.4. The first-order valence-corrected chi connectivity index (χ1v) is 9.13. The number of nitrogens with zero attached hydrogens (tertiary/aromatic N) is 1. The fourth-order valence-electron chi connectivity index (χ4n) is 1.95. The third kappa shape index (κ3) is 4.59. The van der Waals surface area contributed by atoms with Gasteiger partial charge in [0.25, 0.3) is 0 Å². The number of nitrogens with one attached hydrogen (secondary N) is 1. The van der Waals surface area contributed by atoms with Crippen LogP contribution in [0.15, 0.2) is 41.8 Å². The topological polar surface area (TPSA) is 58.9 Å². The largest absolute Gasteiger partial charge is 0.598 e. The quantitative estimate of drug-likeness (QED) is 0.843. The zero-order valence-electron chi connectivity index (χ0n) is 13.0. The maximum absolute atomic E-state index is 12.5. The van der Waals surface area contributed by atoms with Gasteiger partial charge in [0.05, 0.1) is 11.6 Å². The highest BCUT2D eigenvalue weighted by molar-refractivity contribution is 7.90. The molecule has 0 bridgehead atoms. The first kappa shape index (κ1) is 17.0. The molecule has 0 aliphatic heterocycles. The lowest BCUT2D eigenvalue weighted by atomic mass is 10.1. The molecule has 3 nitrogen and oxygen atoms in total. The monoisotopic (exact) mass is 332 g/mol. The smallest absolute Gasteiger partial charge is 0.136 e. The van der Waals surface area contributed by atoms with Crippen molar-refractivity contribution in [3.05, 3.63) is 57.8 Å². The van der Waals surface area contributed by atoms with Crippen LogP contribution >= 0.6 is 11.3 Å². The van der Waals surface area contributed by atoms with E-state index in [0.29, 0.717) is 5.56 Å². The maximum atomic E-state index is 12.5. The van der Waals surface area contributed by atoms with E-state index in [1.54, 1.807) is 0 Å². The zero-order chi connectivity index (χ0) is 16.2. The van der Waals surface area contributed by atoms with Crippen molar-refractivity contribution in [1.82, 2.24) is 4.72 Å². The molecule has 1 unspecified atom stereocenters. The summed E-state index contributed by atoms with van der Waals surface area (Å²) in [6, 6.07) is 14.1. The minimum Gasteiger partial charge on any atom is -0.598 e. The van der Waals surface area contributed by atoms with Gasteiger partial charge < -0.3 is 4.55 Å². The number of benzene rings is 1. The summed E-state index contributed by atoms with van der Waals surface area (Å²) in [5.74, 6) is 0. The van der Waals surface area contributed by atoms with Gasteiger partial charge in [0.1, 0.15) is 10.8 Å². The van der Waals surface area contributed by atoms with Gasteiger partial charge in [-0.3, -0.25) is 0 Å². The average Bonchev–Trinajstić information content (AvgIpc) is 2.95. The zero-order valence-corrected chi connectivity index (χ0v) is 14.6. The lowest BCUT2D eigenvalue weighted by molar-refractivity contribution is 0.524. The van der Waals surface area contributed by atoms with E-state index < -0.39 is 11.4 Å². The van der Waals surface area contributed by atoms with Crippen molar-refractivity contribution in [2.24, 2.45) is 0 Å². The molecule has 2 rings (SSSR count). The molecule has 0 aliphatic carbocycles. The summed E-state index contributed by atoms with van der Waals surface area (Å²) in [5.41, 5.74) is 1.83. The van der Waals surface area contributed by atoms with Gasteiger partial charge in [0.15, 0.2) is 0 Å². The third-order valence-corrected chi connectivity index (χ3v) is 5.84. The minimum absolute atomic E-state index is 0.0606. The van der Waals surface area contributed by atoms with Gasteiger partial charge in [-0.25, -0.2) is 0 Å². The average molecular weight is 332 g/mol. The Hall–Kier alpha value is -1.32. The van der Waals surface area contributed by atoms with E-state index in [9.17, 15) is 4.55 Å². The van der Waals surface area contributed by atoms with Crippen molar-refractivity contribution in [3.8, 4) is 6.07 Å². The maximum Gasteiger partial charge on any atom is 0.136 e. The normalized spacial score (nSPS) is 14.3.